The van der Waals surface area contributed by atoms with Crippen LogP contribution >= 0.6 is 0 Å². The fourth-order valence-electron chi connectivity index (χ4n) is 3.84. The Labute approximate surface area is 133 Å². The predicted octanol–water partition coefficient (Wildman–Crippen LogP) is 3.81. The molecule has 0 saturated heterocycles. The van der Waals surface area contributed by atoms with E-state index in [1.54, 1.807) is 0 Å². The number of aliphatic hydroxyl groups is 1. The van der Waals surface area contributed by atoms with Gasteiger partial charge in [0.2, 0.25) is 0 Å². The number of hydrogen-bond donors (Lipinski definition) is 2. The molecule has 0 amide bonds. The molecule has 116 valence electrons. The molecule has 2 aromatic rings. The first kappa shape index (κ1) is 15.3. The Morgan fingerprint density at radius 1 is 1.05 bits per heavy atom. The van der Waals surface area contributed by atoms with Gasteiger partial charge in [-0.25, -0.2) is 0 Å². The molecule has 0 saturated carbocycles. The van der Waals surface area contributed by atoms with Gasteiger partial charge < -0.3 is 5.11 Å². The molecule has 3 rings (SSSR count). The molecule has 0 heterocycles. The maximum Gasteiger partial charge on any atom is 0.145 e. The van der Waals surface area contributed by atoms with Crippen molar-refractivity contribution in [1.82, 2.24) is 5.32 Å². The molecular formula is C20H25NO. The Balaban J connectivity index is 1.77. The molecule has 0 bridgehead atoms. The van der Waals surface area contributed by atoms with Crippen molar-refractivity contribution in [2.45, 2.75) is 38.3 Å². The summed E-state index contributed by atoms with van der Waals surface area (Å²) in [4.78, 5) is 0. The molecule has 1 aliphatic rings. The van der Waals surface area contributed by atoms with E-state index in [1.807, 2.05) is 12.1 Å². The average Bonchev–Trinajstić information content (AvgIpc) is 2.77. The quantitative estimate of drug-likeness (QED) is 0.822. The van der Waals surface area contributed by atoms with Crippen LogP contribution in [0.25, 0.3) is 0 Å². The van der Waals surface area contributed by atoms with Crippen LogP contribution in [-0.2, 0) is 12.1 Å². The minimum absolute atomic E-state index is 0.186. The lowest BCUT2D eigenvalue weighted by Gasteiger charge is -2.32. The van der Waals surface area contributed by atoms with Crippen LogP contribution in [0.1, 0.15) is 42.9 Å². The summed E-state index contributed by atoms with van der Waals surface area (Å²) in [6.45, 7) is 5.13. The summed E-state index contributed by atoms with van der Waals surface area (Å²) in [6.07, 6.45) is 1.98. The van der Waals surface area contributed by atoms with Gasteiger partial charge in [0, 0.05) is 18.0 Å². The average molecular weight is 295 g/mol. The van der Waals surface area contributed by atoms with E-state index in [4.69, 9.17) is 0 Å². The molecule has 3 unspecified atom stereocenters. The zero-order valence-corrected chi connectivity index (χ0v) is 13.4. The zero-order chi connectivity index (χ0) is 15.6. The largest absolute Gasteiger partial charge is 0.371 e. The summed E-state index contributed by atoms with van der Waals surface area (Å²) in [6, 6.07) is 18.7. The Bertz CT molecular complexity index is 625. The highest BCUT2D eigenvalue weighted by Gasteiger charge is 2.47. The SMILES string of the molecule is CCC1c2ccccc2C(O)(NCCc2ccccc2)C1C. The van der Waals surface area contributed by atoms with Crippen LogP contribution in [0.4, 0.5) is 0 Å². The molecule has 2 nitrogen and oxygen atoms in total. The van der Waals surface area contributed by atoms with Gasteiger partial charge in [-0.05, 0) is 29.9 Å². The molecule has 2 heteroatoms. The summed E-state index contributed by atoms with van der Waals surface area (Å²) in [5, 5.41) is 14.7. The lowest BCUT2D eigenvalue weighted by molar-refractivity contribution is -0.0449. The van der Waals surface area contributed by atoms with Crippen LogP contribution in [-0.4, -0.2) is 11.7 Å². The van der Waals surface area contributed by atoms with Crippen LogP contribution in [0, 0.1) is 5.92 Å². The van der Waals surface area contributed by atoms with Crippen LogP contribution in [0.3, 0.4) is 0 Å². The van der Waals surface area contributed by atoms with Gasteiger partial charge in [0.1, 0.15) is 5.72 Å². The van der Waals surface area contributed by atoms with Gasteiger partial charge in [-0.2, -0.15) is 0 Å². The van der Waals surface area contributed by atoms with E-state index in [1.165, 1.54) is 11.1 Å². The molecule has 2 aromatic carbocycles. The first-order valence-electron chi connectivity index (χ1n) is 8.27. The summed E-state index contributed by atoms with van der Waals surface area (Å²) in [5.74, 6) is 0.607. The minimum atomic E-state index is -0.911. The van der Waals surface area contributed by atoms with Gasteiger partial charge in [0.15, 0.2) is 0 Å². The van der Waals surface area contributed by atoms with Gasteiger partial charge in [-0.3, -0.25) is 5.32 Å². The molecule has 0 aliphatic heterocycles. The fourth-order valence-corrected chi connectivity index (χ4v) is 3.84. The smallest absolute Gasteiger partial charge is 0.145 e. The molecule has 0 aromatic heterocycles. The molecule has 22 heavy (non-hydrogen) atoms. The van der Waals surface area contributed by atoms with Crippen molar-refractivity contribution in [3.8, 4) is 0 Å². The number of rotatable bonds is 5. The number of benzene rings is 2. The summed E-state index contributed by atoms with van der Waals surface area (Å²) >= 11 is 0. The predicted molar refractivity (Wildman–Crippen MR) is 90.7 cm³/mol. The topological polar surface area (TPSA) is 32.3 Å². The van der Waals surface area contributed by atoms with Gasteiger partial charge in [0.05, 0.1) is 0 Å². The molecule has 3 atom stereocenters. The third-order valence-electron chi connectivity index (χ3n) is 5.12. The van der Waals surface area contributed by atoms with Crippen molar-refractivity contribution in [3.63, 3.8) is 0 Å². The maximum absolute atomic E-state index is 11.3. The Morgan fingerprint density at radius 2 is 1.73 bits per heavy atom. The monoisotopic (exact) mass is 295 g/mol. The lowest BCUT2D eigenvalue weighted by Crippen LogP contribution is -2.46. The van der Waals surface area contributed by atoms with Gasteiger partial charge >= 0.3 is 0 Å². The first-order chi connectivity index (χ1) is 10.7. The molecule has 0 radical (unpaired) electrons. The fraction of sp³-hybridized carbons (Fsp3) is 0.400. The normalized spacial score (nSPS) is 26.9. The van der Waals surface area contributed by atoms with E-state index in [0.29, 0.717) is 5.92 Å². The van der Waals surface area contributed by atoms with Gasteiger partial charge in [-0.1, -0.05) is 68.4 Å². The van der Waals surface area contributed by atoms with E-state index in [9.17, 15) is 5.11 Å². The summed E-state index contributed by atoms with van der Waals surface area (Å²) in [7, 11) is 0. The summed E-state index contributed by atoms with van der Waals surface area (Å²) < 4.78 is 0. The third kappa shape index (κ3) is 2.57. The van der Waals surface area contributed by atoms with Crippen molar-refractivity contribution in [2.75, 3.05) is 6.54 Å². The molecular weight excluding hydrogens is 270 g/mol. The van der Waals surface area contributed by atoms with Gasteiger partial charge in [-0.15, -0.1) is 0 Å². The molecule has 0 fully saturated rings. The minimum Gasteiger partial charge on any atom is -0.371 e. The number of hydrogen-bond acceptors (Lipinski definition) is 2. The van der Waals surface area contributed by atoms with Crippen molar-refractivity contribution >= 4 is 0 Å². The van der Waals surface area contributed by atoms with Crippen LogP contribution in [0.2, 0.25) is 0 Å². The second-order valence-electron chi connectivity index (χ2n) is 6.32. The maximum atomic E-state index is 11.3. The highest BCUT2D eigenvalue weighted by atomic mass is 16.3. The van der Waals surface area contributed by atoms with Crippen molar-refractivity contribution < 1.29 is 5.11 Å². The van der Waals surface area contributed by atoms with Gasteiger partial charge in [0.25, 0.3) is 0 Å². The standard InChI is InChI=1S/C20H25NO/c1-3-17-15(2)20(22,19-12-8-7-11-18(17)19)21-14-13-16-9-5-4-6-10-16/h4-12,15,17,21-22H,3,13-14H2,1-2H3. The number of nitrogens with one attached hydrogen (secondary N) is 1. The number of fused-ring (bicyclic) bond motifs is 1. The zero-order valence-electron chi connectivity index (χ0n) is 13.4. The Morgan fingerprint density at radius 3 is 2.45 bits per heavy atom. The van der Waals surface area contributed by atoms with Crippen molar-refractivity contribution in [1.29, 1.82) is 0 Å². The Hall–Kier alpha value is -1.64. The molecule has 2 N–H and O–H groups in total. The van der Waals surface area contributed by atoms with E-state index in [-0.39, 0.29) is 5.92 Å². The molecule has 0 spiro atoms. The second-order valence-corrected chi connectivity index (χ2v) is 6.32. The third-order valence-corrected chi connectivity index (χ3v) is 5.12. The van der Waals surface area contributed by atoms with Crippen molar-refractivity contribution in [2.24, 2.45) is 5.92 Å². The second kappa shape index (κ2) is 6.23. The van der Waals surface area contributed by atoms with Crippen LogP contribution < -0.4 is 5.32 Å². The Kier molecular flexibility index (Phi) is 4.32. The van der Waals surface area contributed by atoms with Crippen molar-refractivity contribution in [3.05, 3.63) is 71.3 Å². The van der Waals surface area contributed by atoms with Crippen LogP contribution in [0.5, 0.6) is 0 Å². The van der Waals surface area contributed by atoms with Crippen LogP contribution in [0.15, 0.2) is 54.6 Å². The first-order valence-corrected chi connectivity index (χ1v) is 8.27. The van der Waals surface area contributed by atoms with E-state index < -0.39 is 5.72 Å². The molecule has 1 aliphatic carbocycles. The lowest BCUT2D eigenvalue weighted by atomic mass is 9.88. The highest BCUT2D eigenvalue weighted by molar-refractivity contribution is 5.41. The van der Waals surface area contributed by atoms with E-state index >= 15 is 0 Å². The summed E-state index contributed by atoms with van der Waals surface area (Å²) in [5.41, 5.74) is 2.74. The highest BCUT2D eigenvalue weighted by Crippen LogP contribution is 2.48. The van der Waals surface area contributed by atoms with E-state index in [0.717, 1.165) is 24.9 Å². The van der Waals surface area contributed by atoms with E-state index in [2.05, 4.69) is 61.6 Å².